The molecule has 0 saturated carbocycles. The Labute approximate surface area is 159 Å². The van der Waals surface area contributed by atoms with Crippen molar-refractivity contribution in [1.29, 1.82) is 0 Å². The van der Waals surface area contributed by atoms with Crippen LogP contribution in [-0.2, 0) is 9.53 Å². The molecule has 0 spiro atoms. The van der Waals surface area contributed by atoms with E-state index in [2.05, 4.69) is 10.3 Å². The fourth-order valence-corrected chi connectivity index (χ4v) is 3.67. The number of rotatable bonds is 5. The molecule has 2 heterocycles. The van der Waals surface area contributed by atoms with E-state index < -0.39 is 6.10 Å². The number of amides is 1. The average molecular weight is 380 g/mol. The molecule has 1 N–H and O–H groups in total. The number of ether oxygens (including phenoxy) is 2. The second-order valence-electron chi connectivity index (χ2n) is 6.00. The van der Waals surface area contributed by atoms with Gasteiger partial charge in [-0.25, -0.2) is 9.78 Å². The van der Waals surface area contributed by atoms with Gasteiger partial charge in [-0.3, -0.25) is 4.79 Å². The molecular weight excluding hydrogens is 364 g/mol. The van der Waals surface area contributed by atoms with Crippen molar-refractivity contribution in [2.75, 3.05) is 12.4 Å². The van der Waals surface area contributed by atoms with Crippen molar-refractivity contribution in [3.8, 4) is 17.0 Å². The molecule has 1 amide bonds. The third-order valence-electron chi connectivity index (χ3n) is 4.28. The van der Waals surface area contributed by atoms with Crippen molar-refractivity contribution in [1.82, 2.24) is 4.98 Å². The number of carbonyl (C=O) groups is 2. The Morgan fingerprint density at radius 1 is 1.22 bits per heavy atom. The molecule has 6 nitrogen and oxygen atoms in total. The first-order chi connectivity index (χ1) is 13.1. The summed E-state index contributed by atoms with van der Waals surface area (Å²) >= 11 is 1.34. The maximum Gasteiger partial charge on any atom is 0.339 e. The summed E-state index contributed by atoms with van der Waals surface area (Å²) in [6, 6.07) is 14.7. The summed E-state index contributed by atoms with van der Waals surface area (Å²) in [5.74, 6) is 0.133. The molecule has 0 unspecified atom stereocenters. The van der Waals surface area contributed by atoms with E-state index in [1.807, 2.05) is 41.8 Å². The summed E-state index contributed by atoms with van der Waals surface area (Å²) in [4.78, 5) is 28.7. The van der Waals surface area contributed by atoms with Gasteiger partial charge in [0, 0.05) is 16.5 Å². The van der Waals surface area contributed by atoms with Crippen LogP contribution >= 0.6 is 11.3 Å². The number of aromatic nitrogens is 1. The highest BCUT2D eigenvalue weighted by Crippen LogP contribution is 2.33. The van der Waals surface area contributed by atoms with Crippen LogP contribution < -0.4 is 10.1 Å². The standard InChI is InChI=1S/C20H16N2O4S/c1-25-13-8-6-12(7-9-13)16-11-27-20(21-16)22-18(23)10-17-14-4-2-3-5-15(14)19(24)26-17/h2-9,11,17H,10H2,1H3,(H,21,22,23)/t17-/m1/s1. The number of esters is 1. The smallest absolute Gasteiger partial charge is 0.339 e. The molecule has 1 atom stereocenters. The summed E-state index contributed by atoms with van der Waals surface area (Å²) in [6.07, 6.45) is -0.505. The molecule has 0 saturated heterocycles. The molecule has 4 rings (SSSR count). The minimum Gasteiger partial charge on any atom is -0.497 e. The van der Waals surface area contributed by atoms with E-state index in [1.165, 1.54) is 11.3 Å². The lowest BCUT2D eigenvalue weighted by Gasteiger charge is -2.09. The van der Waals surface area contributed by atoms with E-state index in [0.29, 0.717) is 10.7 Å². The molecule has 1 aromatic heterocycles. The van der Waals surface area contributed by atoms with Crippen LogP contribution in [0.2, 0.25) is 0 Å². The Hall–Kier alpha value is -3.19. The van der Waals surface area contributed by atoms with Gasteiger partial charge in [0.05, 0.1) is 24.8 Å². The van der Waals surface area contributed by atoms with Crippen LogP contribution in [0.25, 0.3) is 11.3 Å². The van der Waals surface area contributed by atoms with Crippen LogP contribution in [0.15, 0.2) is 53.9 Å². The number of benzene rings is 2. The third-order valence-corrected chi connectivity index (χ3v) is 5.04. The number of methoxy groups -OCH3 is 1. The number of fused-ring (bicyclic) bond motifs is 1. The zero-order valence-corrected chi connectivity index (χ0v) is 15.3. The quantitative estimate of drug-likeness (QED) is 0.676. The molecule has 0 radical (unpaired) electrons. The van der Waals surface area contributed by atoms with E-state index in [0.717, 1.165) is 22.6 Å². The molecular formula is C20H16N2O4S. The highest BCUT2D eigenvalue weighted by atomic mass is 32.1. The Morgan fingerprint density at radius 3 is 2.78 bits per heavy atom. The van der Waals surface area contributed by atoms with Gasteiger partial charge in [0.25, 0.3) is 0 Å². The second-order valence-corrected chi connectivity index (χ2v) is 6.86. The molecule has 0 bridgehead atoms. The fourth-order valence-electron chi connectivity index (χ4n) is 2.94. The lowest BCUT2D eigenvalue weighted by Crippen LogP contribution is -2.15. The lowest BCUT2D eigenvalue weighted by molar-refractivity contribution is -0.118. The van der Waals surface area contributed by atoms with Crippen LogP contribution in [0.1, 0.15) is 28.4 Å². The summed E-state index contributed by atoms with van der Waals surface area (Å²) in [5.41, 5.74) is 2.98. The van der Waals surface area contributed by atoms with Crippen molar-refractivity contribution in [2.24, 2.45) is 0 Å². The number of hydrogen-bond acceptors (Lipinski definition) is 6. The van der Waals surface area contributed by atoms with Crippen LogP contribution in [-0.4, -0.2) is 24.0 Å². The van der Waals surface area contributed by atoms with Crippen molar-refractivity contribution >= 4 is 28.3 Å². The molecule has 1 aliphatic rings. The summed E-state index contributed by atoms with van der Waals surface area (Å²) in [5, 5.41) is 5.16. The number of carbonyl (C=O) groups excluding carboxylic acids is 2. The summed E-state index contributed by atoms with van der Waals surface area (Å²) < 4.78 is 10.5. The molecule has 27 heavy (non-hydrogen) atoms. The van der Waals surface area contributed by atoms with Gasteiger partial charge in [0.2, 0.25) is 5.91 Å². The highest BCUT2D eigenvalue weighted by molar-refractivity contribution is 7.14. The van der Waals surface area contributed by atoms with Gasteiger partial charge in [-0.2, -0.15) is 0 Å². The predicted molar refractivity (Wildman–Crippen MR) is 102 cm³/mol. The van der Waals surface area contributed by atoms with Gasteiger partial charge in [-0.15, -0.1) is 11.3 Å². The van der Waals surface area contributed by atoms with Gasteiger partial charge in [-0.1, -0.05) is 18.2 Å². The normalized spacial score (nSPS) is 15.1. The van der Waals surface area contributed by atoms with Crippen molar-refractivity contribution < 1.29 is 19.1 Å². The Bertz CT molecular complexity index is 997. The maximum absolute atomic E-state index is 12.4. The zero-order chi connectivity index (χ0) is 18.8. The maximum atomic E-state index is 12.4. The van der Waals surface area contributed by atoms with Gasteiger partial charge in [-0.05, 0) is 30.3 Å². The van der Waals surface area contributed by atoms with Crippen LogP contribution in [0.5, 0.6) is 5.75 Å². The van der Waals surface area contributed by atoms with Gasteiger partial charge in [0.1, 0.15) is 11.9 Å². The first kappa shape index (κ1) is 17.2. The number of nitrogens with one attached hydrogen (secondary N) is 1. The van der Waals surface area contributed by atoms with E-state index in [4.69, 9.17) is 9.47 Å². The minimum atomic E-state index is -0.560. The van der Waals surface area contributed by atoms with Crippen molar-refractivity contribution in [2.45, 2.75) is 12.5 Å². The number of cyclic esters (lactones) is 1. The Morgan fingerprint density at radius 2 is 2.00 bits per heavy atom. The summed E-state index contributed by atoms with van der Waals surface area (Å²) in [6.45, 7) is 0. The van der Waals surface area contributed by atoms with Crippen LogP contribution in [0.4, 0.5) is 5.13 Å². The number of thiazole rings is 1. The number of hydrogen-bond donors (Lipinski definition) is 1. The van der Waals surface area contributed by atoms with Gasteiger partial charge < -0.3 is 14.8 Å². The third kappa shape index (κ3) is 3.54. The van der Waals surface area contributed by atoms with Gasteiger partial charge >= 0.3 is 5.97 Å². The second kappa shape index (κ2) is 7.20. The van der Waals surface area contributed by atoms with Crippen LogP contribution in [0.3, 0.4) is 0 Å². The molecule has 7 heteroatoms. The predicted octanol–water partition coefficient (Wildman–Crippen LogP) is 4.06. The summed E-state index contributed by atoms with van der Waals surface area (Å²) in [7, 11) is 1.62. The first-order valence-electron chi connectivity index (χ1n) is 8.34. The molecule has 0 aliphatic carbocycles. The largest absolute Gasteiger partial charge is 0.497 e. The minimum absolute atomic E-state index is 0.0558. The topological polar surface area (TPSA) is 77.5 Å². The number of anilines is 1. The van der Waals surface area contributed by atoms with E-state index in [9.17, 15) is 9.59 Å². The monoisotopic (exact) mass is 380 g/mol. The zero-order valence-electron chi connectivity index (χ0n) is 14.5. The Kier molecular flexibility index (Phi) is 4.60. The van der Waals surface area contributed by atoms with Gasteiger partial charge in [0.15, 0.2) is 5.13 Å². The average Bonchev–Trinajstić information content (AvgIpc) is 3.27. The molecule has 3 aromatic rings. The molecule has 136 valence electrons. The lowest BCUT2D eigenvalue weighted by atomic mass is 10.0. The molecule has 2 aromatic carbocycles. The van der Waals surface area contributed by atoms with Crippen molar-refractivity contribution in [3.63, 3.8) is 0 Å². The van der Waals surface area contributed by atoms with E-state index in [-0.39, 0.29) is 18.3 Å². The Balaban J connectivity index is 1.42. The molecule has 1 aliphatic heterocycles. The first-order valence-corrected chi connectivity index (χ1v) is 9.22. The van der Waals surface area contributed by atoms with Crippen LogP contribution in [0, 0.1) is 0 Å². The SMILES string of the molecule is COc1ccc(-c2csc(NC(=O)C[C@H]3OC(=O)c4ccccc43)n2)cc1. The van der Waals surface area contributed by atoms with E-state index >= 15 is 0 Å². The number of nitrogens with zero attached hydrogens (tertiary/aromatic N) is 1. The van der Waals surface area contributed by atoms with Crippen molar-refractivity contribution in [3.05, 3.63) is 65.0 Å². The van der Waals surface area contributed by atoms with E-state index in [1.54, 1.807) is 19.2 Å². The molecule has 0 fully saturated rings. The highest BCUT2D eigenvalue weighted by Gasteiger charge is 2.32. The fraction of sp³-hybridized carbons (Fsp3) is 0.150.